The van der Waals surface area contributed by atoms with Crippen molar-refractivity contribution in [3.63, 3.8) is 0 Å². The molecule has 1 N–H and O–H groups in total. The number of pyridine rings is 1. The Labute approximate surface area is 130 Å². The van der Waals surface area contributed by atoms with Crippen molar-refractivity contribution < 1.29 is 8.95 Å². The highest BCUT2D eigenvalue weighted by molar-refractivity contribution is 7.85. The van der Waals surface area contributed by atoms with Gasteiger partial charge in [-0.3, -0.25) is 9.19 Å². The van der Waals surface area contributed by atoms with Gasteiger partial charge < -0.3 is 9.72 Å². The number of nitrogens with zero attached hydrogens (tertiary/aromatic N) is 2. The lowest BCUT2D eigenvalue weighted by molar-refractivity contribution is 0.415. The predicted molar refractivity (Wildman–Crippen MR) is 86.0 cm³/mol. The summed E-state index contributed by atoms with van der Waals surface area (Å²) in [5.41, 5.74) is 2.46. The molecule has 5 nitrogen and oxygen atoms in total. The molecule has 1 atom stereocenters. The molecule has 0 bridgehead atoms. The number of hydrogen-bond donors (Lipinski definition) is 1. The number of terminal acetylenes is 1. The number of aromatic amines is 1. The first-order valence-corrected chi connectivity index (χ1v) is 7.85. The number of ether oxygens (including phenoxy) is 1. The summed E-state index contributed by atoms with van der Waals surface area (Å²) in [7, 11) is 0.335. The van der Waals surface area contributed by atoms with Crippen LogP contribution in [0.3, 0.4) is 0 Å². The van der Waals surface area contributed by atoms with Crippen molar-refractivity contribution in [1.29, 1.82) is 0 Å². The fourth-order valence-corrected chi connectivity index (χ4v) is 2.93. The highest BCUT2D eigenvalue weighted by Gasteiger charge is 2.13. The number of H-pyrrole nitrogens is 1. The third kappa shape index (κ3) is 2.59. The van der Waals surface area contributed by atoms with Crippen molar-refractivity contribution in [3.05, 3.63) is 36.7 Å². The smallest absolute Gasteiger partial charge is 0.142 e. The van der Waals surface area contributed by atoms with Crippen LogP contribution in [0.15, 0.2) is 41.6 Å². The molecule has 1 aromatic carbocycles. The number of benzene rings is 1. The van der Waals surface area contributed by atoms with E-state index in [4.69, 9.17) is 11.2 Å². The Balaban J connectivity index is 2.07. The Hall–Kier alpha value is -2.65. The predicted octanol–water partition coefficient (Wildman–Crippen LogP) is 2.37. The Morgan fingerprint density at radius 1 is 1.41 bits per heavy atom. The molecule has 110 valence electrons. The highest BCUT2D eigenvalue weighted by atomic mass is 32.2. The van der Waals surface area contributed by atoms with E-state index >= 15 is 0 Å². The molecule has 0 saturated carbocycles. The van der Waals surface area contributed by atoms with Crippen molar-refractivity contribution in [1.82, 2.24) is 15.0 Å². The van der Waals surface area contributed by atoms with Crippen LogP contribution in [0.4, 0.5) is 0 Å². The maximum Gasteiger partial charge on any atom is 0.142 e. The van der Waals surface area contributed by atoms with Crippen LogP contribution in [-0.4, -0.2) is 32.0 Å². The summed E-state index contributed by atoms with van der Waals surface area (Å²) in [4.78, 5) is 12.4. The van der Waals surface area contributed by atoms with Crippen molar-refractivity contribution in [2.75, 3.05) is 12.9 Å². The van der Waals surface area contributed by atoms with Crippen LogP contribution in [-0.2, 0) is 10.8 Å². The Morgan fingerprint density at radius 3 is 3.00 bits per heavy atom. The van der Waals surface area contributed by atoms with E-state index in [2.05, 4.69) is 20.9 Å². The largest absolute Gasteiger partial charge is 0.496 e. The van der Waals surface area contributed by atoms with Crippen LogP contribution >= 0.6 is 0 Å². The van der Waals surface area contributed by atoms with Gasteiger partial charge in [-0.15, -0.1) is 6.42 Å². The number of fused-ring (bicyclic) bond motifs is 1. The van der Waals surface area contributed by atoms with Gasteiger partial charge in [-0.1, -0.05) is 5.92 Å². The second-order valence-corrected chi connectivity index (χ2v) is 5.99. The summed E-state index contributed by atoms with van der Waals surface area (Å²) in [5.74, 6) is 3.85. The molecule has 6 heteroatoms. The number of rotatable bonds is 4. The van der Waals surface area contributed by atoms with Gasteiger partial charge in [0.05, 0.1) is 46.5 Å². The molecule has 0 amide bonds. The summed E-state index contributed by atoms with van der Waals surface area (Å²) in [6.45, 7) is 0. The summed E-state index contributed by atoms with van der Waals surface area (Å²) < 4.78 is 17.4. The van der Waals surface area contributed by atoms with E-state index < -0.39 is 10.8 Å². The van der Waals surface area contributed by atoms with Gasteiger partial charge in [0.1, 0.15) is 11.6 Å². The first kappa shape index (κ1) is 14.3. The Bertz CT molecular complexity index is 863. The zero-order valence-electron chi connectivity index (χ0n) is 11.9. The quantitative estimate of drug-likeness (QED) is 0.751. The normalized spacial score (nSPS) is 12.0. The lowest BCUT2D eigenvalue weighted by Crippen LogP contribution is -1.97. The number of imidazole rings is 1. The molecule has 0 saturated heterocycles. The van der Waals surface area contributed by atoms with Gasteiger partial charge in [0.15, 0.2) is 0 Å². The molecule has 2 aromatic heterocycles. The summed E-state index contributed by atoms with van der Waals surface area (Å²) in [6.07, 6.45) is 8.61. The molecule has 0 aliphatic rings. The second-order valence-electron chi connectivity index (χ2n) is 4.53. The highest BCUT2D eigenvalue weighted by Crippen LogP contribution is 2.31. The molecule has 0 aliphatic heterocycles. The van der Waals surface area contributed by atoms with Crippen molar-refractivity contribution in [2.45, 2.75) is 4.90 Å². The third-order valence-corrected chi connectivity index (χ3v) is 4.40. The van der Waals surface area contributed by atoms with Gasteiger partial charge >= 0.3 is 0 Å². The van der Waals surface area contributed by atoms with Gasteiger partial charge in [-0.2, -0.15) is 0 Å². The summed E-state index contributed by atoms with van der Waals surface area (Å²) >= 11 is 0. The van der Waals surface area contributed by atoms with Crippen LogP contribution in [0.5, 0.6) is 5.75 Å². The molecule has 2 heterocycles. The fraction of sp³-hybridized carbons (Fsp3) is 0.125. The van der Waals surface area contributed by atoms with E-state index in [1.165, 1.54) is 0 Å². The van der Waals surface area contributed by atoms with Crippen molar-refractivity contribution >= 4 is 21.8 Å². The standard InChI is InChI=1S/C16H13N3O2S/c1-3-8-22(20)11-4-5-12(15(9-11)21-2)16-18-13-6-7-17-10-14(13)19-16/h1,4-7,9-10H,8H2,2H3,(H,18,19). The molecular formula is C16H13N3O2S. The SMILES string of the molecule is C#CCS(=O)c1ccc(-c2nc3ccncc3[nH]2)c(OC)c1. The van der Waals surface area contributed by atoms with E-state index in [1.54, 1.807) is 31.6 Å². The van der Waals surface area contributed by atoms with E-state index in [-0.39, 0.29) is 5.75 Å². The summed E-state index contributed by atoms with van der Waals surface area (Å²) in [6, 6.07) is 7.16. The van der Waals surface area contributed by atoms with Crippen LogP contribution in [0.2, 0.25) is 0 Å². The number of aromatic nitrogens is 3. The van der Waals surface area contributed by atoms with Gasteiger partial charge in [-0.25, -0.2) is 4.98 Å². The van der Waals surface area contributed by atoms with Gasteiger partial charge in [0, 0.05) is 11.1 Å². The molecule has 0 radical (unpaired) electrons. The van der Waals surface area contributed by atoms with Gasteiger partial charge in [0.2, 0.25) is 0 Å². The minimum absolute atomic E-state index is 0.179. The van der Waals surface area contributed by atoms with Crippen LogP contribution in [0.1, 0.15) is 0 Å². The van der Waals surface area contributed by atoms with E-state index in [1.807, 2.05) is 12.1 Å². The Kier molecular flexibility index (Phi) is 3.90. The molecule has 3 rings (SSSR count). The molecule has 0 fully saturated rings. The van der Waals surface area contributed by atoms with Crippen molar-refractivity contribution in [2.24, 2.45) is 0 Å². The molecule has 3 aromatic rings. The number of methoxy groups -OCH3 is 1. The zero-order valence-corrected chi connectivity index (χ0v) is 12.7. The molecule has 0 aliphatic carbocycles. The maximum atomic E-state index is 12.0. The monoisotopic (exact) mass is 311 g/mol. The molecule has 1 unspecified atom stereocenters. The number of nitrogens with one attached hydrogen (secondary N) is 1. The summed E-state index contributed by atoms with van der Waals surface area (Å²) in [5, 5.41) is 0. The molecule has 0 spiro atoms. The maximum absolute atomic E-state index is 12.0. The van der Waals surface area contributed by atoms with Crippen LogP contribution in [0.25, 0.3) is 22.4 Å². The van der Waals surface area contributed by atoms with Crippen LogP contribution in [0, 0.1) is 12.3 Å². The van der Waals surface area contributed by atoms with Gasteiger partial charge in [-0.05, 0) is 24.3 Å². The molecule has 22 heavy (non-hydrogen) atoms. The lowest BCUT2D eigenvalue weighted by atomic mass is 10.2. The van der Waals surface area contributed by atoms with Gasteiger partial charge in [0.25, 0.3) is 0 Å². The fourth-order valence-electron chi connectivity index (χ4n) is 2.15. The minimum Gasteiger partial charge on any atom is -0.496 e. The van der Waals surface area contributed by atoms with E-state index in [0.717, 1.165) is 16.6 Å². The average molecular weight is 311 g/mol. The van der Waals surface area contributed by atoms with Crippen LogP contribution < -0.4 is 4.74 Å². The second kappa shape index (κ2) is 6.00. The average Bonchev–Trinajstić information content (AvgIpc) is 2.98. The number of hydrogen-bond acceptors (Lipinski definition) is 4. The Morgan fingerprint density at radius 2 is 2.27 bits per heavy atom. The van der Waals surface area contributed by atoms with E-state index in [9.17, 15) is 4.21 Å². The lowest BCUT2D eigenvalue weighted by Gasteiger charge is -2.08. The first-order chi connectivity index (χ1) is 10.7. The molecular weight excluding hydrogens is 298 g/mol. The zero-order chi connectivity index (χ0) is 15.5. The third-order valence-electron chi connectivity index (χ3n) is 3.19. The van der Waals surface area contributed by atoms with E-state index in [0.29, 0.717) is 16.5 Å². The minimum atomic E-state index is -1.23. The topological polar surface area (TPSA) is 67.9 Å². The van der Waals surface area contributed by atoms with Crippen molar-refractivity contribution in [3.8, 4) is 29.5 Å². The first-order valence-electron chi connectivity index (χ1n) is 6.53.